The van der Waals surface area contributed by atoms with Crippen molar-refractivity contribution in [3.05, 3.63) is 69.0 Å². The number of likely N-dealkylation sites (N-methyl/N-ethyl adjacent to an activating group) is 1. The first-order valence-electron chi connectivity index (χ1n) is 10.9. The van der Waals surface area contributed by atoms with E-state index in [9.17, 15) is 22.4 Å². The molecule has 1 heterocycles. The molecule has 0 aromatic heterocycles. The minimum absolute atomic E-state index is 0.0797. The van der Waals surface area contributed by atoms with E-state index in [1.165, 1.54) is 6.07 Å². The van der Waals surface area contributed by atoms with Crippen molar-refractivity contribution in [1.29, 1.82) is 5.26 Å². The molecule has 2 atom stereocenters. The van der Waals surface area contributed by atoms with Crippen LogP contribution < -0.4 is 5.32 Å². The molecule has 0 aliphatic carbocycles. The molecule has 2 aromatic rings. The smallest absolute Gasteiger partial charge is 0.339 e. The first kappa shape index (κ1) is 27.2. The average Bonchev–Trinajstić information content (AvgIpc) is 3.23. The maximum absolute atomic E-state index is 14.1. The summed E-state index contributed by atoms with van der Waals surface area (Å²) in [6.45, 7) is 1.42. The number of nitriles is 1. The predicted molar refractivity (Wildman–Crippen MR) is 126 cm³/mol. The maximum atomic E-state index is 14.1. The van der Waals surface area contributed by atoms with Gasteiger partial charge < -0.3 is 10.2 Å². The van der Waals surface area contributed by atoms with Gasteiger partial charge in [0.2, 0.25) is 5.91 Å². The fourth-order valence-electron chi connectivity index (χ4n) is 4.25. The van der Waals surface area contributed by atoms with E-state index in [0.717, 1.165) is 17.7 Å². The van der Waals surface area contributed by atoms with Crippen LogP contribution in [0.5, 0.6) is 0 Å². The summed E-state index contributed by atoms with van der Waals surface area (Å²) in [4.78, 5) is 16.4. The van der Waals surface area contributed by atoms with E-state index in [4.69, 9.17) is 28.5 Å². The average molecular weight is 531 g/mol. The van der Waals surface area contributed by atoms with Gasteiger partial charge in [-0.1, -0.05) is 35.3 Å². The van der Waals surface area contributed by atoms with Gasteiger partial charge in [-0.3, -0.25) is 9.69 Å². The number of likely N-dealkylation sites (tertiary alicyclic amines) is 1. The minimum Gasteiger partial charge on any atom is -0.339 e. The van der Waals surface area contributed by atoms with Crippen molar-refractivity contribution in [2.75, 3.05) is 33.2 Å². The largest absolute Gasteiger partial charge is 0.419 e. The van der Waals surface area contributed by atoms with E-state index < -0.39 is 17.6 Å². The van der Waals surface area contributed by atoms with Gasteiger partial charge in [-0.15, -0.1) is 0 Å². The Morgan fingerprint density at radius 1 is 1.20 bits per heavy atom. The molecule has 1 N–H and O–H groups in total. The van der Waals surface area contributed by atoms with Gasteiger partial charge in [0.15, 0.2) is 0 Å². The molecule has 5 nitrogen and oxygen atoms in total. The fourth-order valence-corrected chi connectivity index (χ4v) is 4.56. The van der Waals surface area contributed by atoms with Crippen LogP contribution in [0.1, 0.15) is 29.0 Å². The van der Waals surface area contributed by atoms with E-state index in [-0.39, 0.29) is 37.4 Å². The van der Waals surface area contributed by atoms with Crippen LogP contribution in [0, 0.1) is 17.1 Å². The second-order valence-electron chi connectivity index (χ2n) is 8.46. The van der Waals surface area contributed by atoms with Crippen molar-refractivity contribution in [3.63, 3.8) is 0 Å². The lowest BCUT2D eigenvalue weighted by molar-refractivity contribution is -0.140. The SMILES string of the molecule is CN(Cc1ccc(C(F)(F)F)c(F)c1)[C@H]1CN(C(=O)CNCCC#N)C[C@@H]1c1ccc(Cl)c(Cl)c1. The maximum Gasteiger partial charge on any atom is 0.419 e. The van der Waals surface area contributed by atoms with Crippen LogP contribution >= 0.6 is 23.2 Å². The zero-order valence-electron chi connectivity index (χ0n) is 18.9. The molecule has 0 spiro atoms. The number of nitrogens with one attached hydrogen (secondary N) is 1. The molecule has 35 heavy (non-hydrogen) atoms. The topological polar surface area (TPSA) is 59.4 Å². The van der Waals surface area contributed by atoms with Gasteiger partial charge in [0.1, 0.15) is 5.82 Å². The summed E-state index contributed by atoms with van der Waals surface area (Å²) in [6.07, 6.45) is -4.48. The van der Waals surface area contributed by atoms with Crippen LogP contribution in [-0.4, -0.2) is 55.0 Å². The quantitative estimate of drug-likeness (QED) is 0.382. The summed E-state index contributed by atoms with van der Waals surface area (Å²) < 4.78 is 52.8. The van der Waals surface area contributed by atoms with Crippen LogP contribution in [0.4, 0.5) is 17.6 Å². The summed E-state index contributed by atoms with van der Waals surface area (Å²) in [5.41, 5.74) is -0.0597. The molecular weight excluding hydrogens is 507 g/mol. The van der Waals surface area contributed by atoms with Crippen molar-refractivity contribution >= 4 is 29.1 Å². The third-order valence-corrected chi connectivity index (χ3v) is 6.78. The summed E-state index contributed by atoms with van der Waals surface area (Å²) in [5, 5.41) is 12.4. The number of nitrogens with zero attached hydrogens (tertiary/aromatic N) is 3. The van der Waals surface area contributed by atoms with Crippen LogP contribution in [0.2, 0.25) is 10.0 Å². The number of hydrogen-bond donors (Lipinski definition) is 1. The molecule has 0 bridgehead atoms. The number of benzene rings is 2. The van der Waals surface area contributed by atoms with Crippen LogP contribution in [0.25, 0.3) is 0 Å². The summed E-state index contributed by atoms with van der Waals surface area (Å²) in [6, 6.07) is 9.94. The highest BCUT2D eigenvalue weighted by Crippen LogP contribution is 2.35. The molecule has 1 aliphatic rings. The summed E-state index contributed by atoms with van der Waals surface area (Å²) in [7, 11) is 1.78. The molecule has 2 aromatic carbocycles. The van der Waals surface area contributed by atoms with Gasteiger partial charge in [0.25, 0.3) is 0 Å². The summed E-state index contributed by atoms with van der Waals surface area (Å²) >= 11 is 12.3. The van der Waals surface area contributed by atoms with E-state index in [2.05, 4.69) is 5.32 Å². The number of alkyl halides is 3. The van der Waals surface area contributed by atoms with Crippen molar-refractivity contribution in [3.8, 4) is 6.07 Å². The second kappa shape index (κ2) is 11.6. The van der Waals surface area contributed by atoms with Gasteiger partial charge in [-0.05, 0) is 42.4 Å². The highest BCUT2D eigenvalue weighted by atomic mass is 35.5. The molecule has 0 saturated carbocycles. The first-order valence-corrected chi connectivity index (χ1v) is 11.6. The van der Waals surface area contributed by atoms with Gasteiger partial charge in [-0.2, -0.15) is 18.4 Å². The Morgan fingerprint density at radius 3 is 2.57 bits per heavy atom. The zero-order chi connectivity index (χ0) is 25.8. The van der Waals surface area contributed by atoms with E-state index in [1.54, 1.807) is 24.1 Å². The third kappa shape index (κ3) is 6.85. The van der Waals surface area contributed by atoms with E-state index in [0.29, 0.717) is 35.2 Å². The molecule has 0 radical (unpaired) electrons. The van der Waals surface area contributed by atoms with Crippen molar-refractivity contribution in [2.24, 2.45) is 0 Å². The third-order valence-electron chi connectivity index (χ3n) is 6.04. The van der Waals surface area contributed by atoms with Crippen LogP contribution in [0.15, 0.2) is 36.4 Å². The lowest BCUT2D eigenvalue weighted by atomic mass is 9.93. The summed E-state index contributed by atoms with van der Waals surface area (Å²) in [5.74, 6) is -1.61. The van der Waals surface area contributed by atoms with E-state index in [1.807, 2.05) is 17.0 Å². The molecule has 188 valence electrons. The number of carbonyl (C=O) groups is 1. The van der Waals surface area contributed by atoms with Gasteiger partial charge in [0.05, 0.1) is 28.2 Å². The fraction of sp³-hybridized carbons (Fsp3) is 0.417. The molecule has 1 saturated heterocycles. The molecule has 0 unspecified atom stereocenters. The normalized spacial score (nSPS) is 18.2. The van der Waals surface area contributed by atoms with Gasteiger partial charge in [0, 0.05) is 44.6 Å². The number of halogens is 6. The molecule has 1 fully saturated rings. The Labute approximate surface area is 211 Å². The number of carbonyl (C=O) groups excluding carboxylic acids is 1. The van der Waals surface area contributed by atoms with Gasteiger partial charge >= 0.3 is 6.18 Å². The van der Waals surface area contributed by atoms with Crippen molar-refractivity contribution < 1.29 is 22.4 Å². The Hall–Kier alpha value is -2.38. The molecular formula is C24H24Cl2F4N4O. The molecule has 1 aliphatic heterocycles. The Bertz CT molecular complexity index is 1110. The Morgan fingerprint density at radius 2 is 1.94 bits per heavy atom. The highest BCUT2D eigenvalue weighted by molar-refractivity contribution is 6.42. The van der Waals surface area contributed by atoms with Crippen molar-refractivity contribution in [1.82, 2.24) is 15.1 Å². The van der Waals surface area contributed by atoms with Gasteiger partial charge in [-0.25, -0.2) is 4.39 Å². The Kier molecular flexibility index (Phi) is 9.00. The molecule has 11 heteroatoms. The first-order chi connectivity index (χ1) is 16.5. The number of rotatable bonds is 8. The number of amides is 1. The number of hydrogen-bond acceptors (Lipinski definition) is 4. The van der Waals surface area contributed by atoms with Crippen LogP contribution in [-0.2, 0) is 17.5 Å². The second-order valence-corrected chi connectivity index (χ2v) is 9.27. The predicted octanol–water partition coefficient (Wildman–Crippen LogP) is 5.08. The highest BCUT2D eigenvalue weighted by Gasteiger charge is 2.39. The monoisotopic (exact) mass is 530 g/mol. The lowest BCUT2D eigenvalue weighted by Crippen LogP contribution is -2.40. The van der Waals surface area contributed by atoms with E-state index >= 15 is 0 Å². The zero-order valence-corrected chi connectivity index (χ0v) is 20.4. The molecule has 3 rings (SSSR count). The standard InChI is InChI=1S/C24H24Cl2F4N4O/c1-33(12-15-3-5-18(21(27)9-15)24(28,29)30)22-14-34(23(35)11-32-8-2-7-31)13-17(22)16-4-6-19(25)20(26)10-16/h3-6,9-10,17,22,32H,2,8,11-14H2,1H3/t17-,22+/m1/s1. The van der Waals surface area contributed by atoms with Crippen LogP contribution in [0.3, 0.4) is 0 Å². The lowest BCUT2D eigenvalue weighted by Gasteiger charge is -2.29. The van der Waals surface area contributed by atoms with Crippen molar-refractivity contribution in [2.45, 2.75) is 31.1 Å². The molecule has 1 amide bonds. The minimum atomic E-state index is -4.76. The Balaban J connectivity index is 1.80.